The van der Waals surface area contributed by atoms with Crippen molar-refractivity contribution in [1.29, 1.82) is 0 Å². The molecule has 0 fully saturated rings. The molecule has 5 nitrogen and oxygen atoms in total. The lowest BCUT2D eigenvalue weighted by atomic mass is 10.3. The molecule has 0 aromatic carbocycles. The van der Waals surface area contributed by atoms with Gasteiger partial charge in [-0.05, 0) is 41.9 Å². The van der Waals surface area contributed by atoms with E-state index in [0.29, 0.717) is 29.5 Å². The molecule has 18 heavy (non-hydrogen) atoms. The Morgan fingerprint density at radius 1 is 1.50 bits per heavy atom. The maximum atomic E-state index is 12.0. The number of aromatic nitrogens is 2. The Kier molecular flexibility index (Phi) is 3.56. The molecule has 2 heterocycles. The number of fused-ring (bicyclic) bond motifs is 1. The molecule has 0 spiro atoms. The molecule has 0 amide bonds. The number of esters is 1. The van der Waals surface area contributed by atoms with Gasteiger partial charge < -0.3 is 9.47 Å². The van der Waals surface area contributed by atoms with Crippen molar-refractivity contribution >= 4 is 27.5 Å². The fraction of sp³-hybridized carbons (Fsp3) is 0.333. The van der Waals surface area contributed by atoms with Crippen molar-refractivity contribution in [1.82, 2.24) is 9.38 Å². The fourth-order valence-electron chi connectivity index (χ4n) is 1.82. The van der Waals surface area contributed by atoms with E-state index in [2.05, 4.69) is 20.9 Å². The van der Waals surface area contributed by atoms with E-state index in [0.717, 1.165) is 4.47 Å². The van der Waals surface area contributed by atoms with Crippen LogP contribution in [0.3, 0.4) is 0 Å². The van der Waals surface area contributed by atoms with Crippen LogP contribution in [0.4, 0.5) is 0 Å². The van der Waals surface area contributed by atoms with Gasteiger partial charge in [-0.3, -0.25) is 4.40 Å². The maximum Gasteiger partial charge on any atom is 0.357 e. The number of aryl methyl sites for hydroxylation is 1. The Labute approximate surface area is 113 Å². The first-order valence-corrected chi connectivity index (χ1v) is 6.28. The summed E-state index contributed by atoms with van der Waals surface area (Å²) in [7, 11) is 1.55. The van der Waals surface area contributed by atoms with Gasteiger partial charge >= 0.3 is 5.97 Å². The van der Waals surface area contributed by atoms with Crippen LogP contribution in [0, 0.1) is 6.92 Å². The van der Waals surface area contributed by atoms with Gasteiger partial charge in [0.25, 0.3) is 0 Å². The second kappa shape index (κ2) is 4.97. The van der Waals surface area contributed by atoms with Crippen molar-refractivity contribution in [2.45, 2.75) is 13.8 Å². The zero-order valence-corrected chi connectivity index (χ0v) is 11.9. The highest BCUT2D eigenvalue weighted by molar-refractivity contribution is 9.10. The summed E-state index contributed by atoms with van der Waals surface area (Å²) in [5.74, 6) is 0.120. The number of ether oxygens (including phenoxy) is 2. The number of methoxy groups -OCH3 is 1. The number of nitrogens with zero attached hydrogens (tertiary/aromatic N) is 2. The van der Waals surface area contributed by atoms with Gasteiger partial charge in [-0.15, -0.1) is 0 Å². The topological polar surface area (TPSA) is 52.8 Å². The predicted molar refractivity (Wildman–Crippen MR) is 70.1 cm³/mol. The van der Waals surface area contributed by atoms with E-state index in [1.165, 1.54) is 0 Å². The summed E-state index contributed by atoms with van der Waals surface area (Å²) < 4.78 is 12.8. The van der Waals surface area contributed by atoms with Crippen LogP contribution >= 0.6 is 15.9 Å². The van der Waals surface area contributed by atoms with E-state index in [-0.39, 0.29) is 0 Å². The first-order valence-electron chi connectivity index (χ1n) is 5.48. The molecule has 6 heteroatoms. The molecule has 2 rings (SSSR count). The number of imidazole rings is 1. The molecule has 2 aromatic rings. The third kappa shape index (κ3) is 1.96. The van der Waals surface area contributed by atoms with Gasteiger partial charge in [-0.2, -0.15) is 0 Å². The summed E-state index contributed by atoms with van der Waals surface area (Å²) in [5, 5.41) is 0. The van der Waals surface area contributed by atoms with Crippen LogP contribution in [0.2, 0.25) is 0 Å². The van der Waals surface area contributed by atoms with Gasteiger partial charge in [0.05, 0.1) is 23.9 Å². The SMILES string of the molecule is CCOC(=O)c1c(C)nc2ccc(Br)c(OC)n12. The summed E-state index contributed by atoms with van der Waals surface area (Å²) >= 11 is 3.38. The third-order valence-electron chi connectivity index (χ3n) is 2.53. The smallest absolute Gasteiger partial charge is 0.357 e. The number of pyridine rings is 1. The number of carbonyl (C=O) groups is 1. The van der Waals surface area contributed by atoms with E-state index in [1.54, 1.807) is 25.4 Å². The van der Waals surface area contributed by atoms with Crippen molar-refractivity contribution in [2.75, 3.05) is 13.7 Å². The van der Waals surface area contributed by atoms with E-state index < -0.39 is 5.97 Å². The fourth-order valence-corrected chi connectivity index (χ4v) is 2.29. The average Bonchev–Trinajstić information content (AvgIpc) is 2.66. The third-order valence-corrected chi connectivity index (χ3v) is 3.13. The Balaban J connectivity index is 2.75. The lowest BCUT2D eigenvalue weighted by Gasteiger charge is -2.09. The number of carbonyl (C=O) groups excluding carboxylic acids is 1. The first kappa shape index (κ1) is 12.9. The molecule has 0 atom stereocenters. The van der Waals surface area contributed by atoms with Crippen LogP contribution in [0.1, 0.15) is 23.1 Å². The number of hydrogen-bond acceptors (Lipinski definition) is 4. The van der Waals surface area contributed by atoms with E-state index in [1.807, 2.05) is 12.1 Å². The molecule has 2 aromatic heterocycles. The van der Waals surface area contributed by atoms with Crippen LogP contribution in [0.5, 0.6) is 5.88 Å². The Morgan fingerprint density at radius 3 is 2.83 bits per heavy atom. The van der Waals surface area contributed by atoms with E-state index in [9.17, 15) is 4.79 Å². The standard InChI is InChI=1S/C12H13BrN2O3/c1-4-18-12(16)10-7(2)14-9-6-5-8(13)11(17-3)15(9)10/h5-6H,4H2,1-3H3. The van der Waals surface area contributed by atoms with Crippen LogP contribution in [-0.4, -0.2) is 29.1 Å². The summed E-state index contributed by atoms with van der Waals surface area (Å²) in [6, 6.07) is 3.64. The molecule has 0 N–H and O–H groups in total. The van der Waals surface area contributed by atoms with E-state index >= 15 is 0 Å². The zero-order valence-electron chi connectivity index (χ0n) is 10.4. The van der Waals surface area contributed by atoms with Crippen LogP contribution in [-0.2, 0) is 4.74 Å². The molecule has 0 saturated heterocycles. The van der Waals surface area contributed by atoms with Crippen LogP contribution < -0.4 is 4.74 Å². The largest absolute Gasteiger partial charge is 0.481 e. The highest BCUT2D eigenvalue weighted by atomic mass is 79.9. The lowest BCUT2D eigenvalue weighted by molar-refractivity contribution is 0.0516. The van der Waals surface area contributed by atoms with Crippen molar-refractivity contribution in [3.8, 4) is 5.88 Å². The molecule has 0 radical (unpaired) electrons. The Bertz CT molecular complexity index is 607. The van der Waals surface area contributed by atoms with Crippen LogP contribution in [0.15, 0.2) is 16.6 Å². The Hall–Kier alpha value is -1.56. The molecule has 0 bridgehead atoms. The average molecular weight is 313 g/mol. The molecule has 0 aliphatic carbocycles. The first-order chi connectivity index (χ1) is 8.60. The minimum atomic E-state index is -0.404. The van der Waals surface area contributed by atoms with Gasteiger partial charge in [0.15, 0.2) is 5.69 Å². The molecule has 0 saturated carbocycles. The quantitative estimate of drug-likeness (QED) is 0.817. The van der Waals surface area contributed by atoms with Crippen molar-refractivity contribution in [3.05, 3.63) is 28.0 Å². The zero-order chi connectivity index (χ0) is 13.3. The number of hydrogen-bond donors (Lipinski definition) is 0. The van der Waals surface area contributed by atoms with Gasteiger partial charge in [0, 0.05) is 0 Å². The molecule has 0 aliphatic heterocycles. The van der Waals surface area contributed by atoms with Gasteiger partial charge in [-0.25, -0.2) is 9.78 Å². The van der Waals surface area contributed by atoms with Gasteiger partial charge in [-0.1, -0.05) is 0 Å². The van der Waals surface area contributed by atoms with Crippen molar-refractivity contribution in [3.63, 3.8) is 0 Å². The number of rotatable bonds is 3. The van der Waals surface area contributed by atoms with Crippen LogP contribution in [0.25, 0.3) is 5.65 Å². The normalized spacial score (nSPS) is 10.7. The second-order valence-electron chi connectivity index (χ2n) is 3.65. The minimum absolute atomic E-state index is 0.321. The lowest BCUT2D eigenvalue weighted by Crippen LogP contribution is -2.11. The summed E-state index contributed by atoms with van der Waals surface area (Å²) in [6.45, 7) is 3.86. The number of halogens is 1. The summed E-state index contributed by atoms with van der Waals surface area (Å²) in [5.41, 5.74) is 1.66. The summed E-state index contributed by atoms with van der Waals surface area (Å²) in [4.78, 5) is 16.3. The summed E-state index contributed by atoms with van der Waals surface area (Å²) in [6.07, 6.45) is 0. The molecular weight excluding hydrogens is 300 g/mol. The highest BCUT2D eigenvalue weighted by Gasteiger charge is 2.21. The monoisotopic (exact) mass is 312 g/mol. The Morgan fingerprint density at radius 2 is 2.22 bits per heavy atom. The predicted octanol–water partition coefficient (Wildman–Crippen LogP) is 2.59. The van der Waals surface area contributed by atoms with E-state index in [4.69, 9.17) is 9.47 Å². The molecular formula is C12H13BrN2O3. The molecule has 0 unspecified atom stereocenters. The maximum absolute atomic E-state index is 12.0. The second-order valence-corrected chi connectivity index (χ2v) is 4.50. The molecule has 96 valence electrons. The highest BCUT2D eigenvalue weighted by Crippen LogP contribution is 2.28. The minimum Gasteiger partial charge on any atom is -0.481 e. The van der Waals surface area contributed by atoms with Crippen molar-refractivity contribution in [2.24, 2.45) is 0 Å². The van der Waals surface area contributed by atoms with Gasteiger partial charge in [0.2, 0.25) is 5.88 Å². The molecule has 0 aliphatic rings. The van der Waals surface area contributed by atoms with Gasteiger partial charge in [0.1, 0.15) is 5.65 Å². The van der Waals surface area contributed by atoms with Crippen molar-refractivity contribution < 1.29 is 14.3 Å².